The summed E-state index contributed by atoms with van der Waals surface area (Å²) in [5.41, 5.74) is 10.2. The molecule has 0 bridgehead atoms. The lowest BCUT2D eigenvalue weighted by atomic mass is 10.1. The van der Waals surface area contributed by atoms with Gasteiger partial charge < -0.3 is 5.73 Å². The van der Waals surface area contributed by atoms with E-state index in [1.165, 1.54) is 11.1 Å². The summed E-state index contributed by atoms with van der Waals surface area (Å²) < 4.78 is 0. The Hall–Kier alpha value is -2.87. The molecule has 3 aromatic carbocycles. The molecule has 2 nitrogen and oxygen atoms in total. The molecule has 0 aliphatic rings. The van der Waals surface area contributed by atoms with E-state index in [1.54, 1.807) is 0 Å². The maximum Gasteiger partial charge on any atom is 0.131 e. The molecule has 0 radical (unpaired) electrons. The Kier molecular flexibility index (Phi) is 3.79. The van der Waals surface area contributed by atoms with E-state index in [0.29, 0.717) is 5.84 Å². The van der Waals surface area contributed by atoms with Crippen molar-refractivity contribution in [3.8, 4) is 11.1 Å². The number of amidine groups is 1. The summed E-state index contributed by atoms with van der Waals surface area (Å²) >= 11 is 0. The van der Waals surface area contributed by atoms with Gasteiger partial charge in [-0.05, 0) is 23.3 Å². The van der Waals surface area contributed by atoms with Crippen LogP contribution in [0.4, 0.5) is 5.69 Å². The van der Waals surface area contributed by atoms with Crippen molar-refractivity contribution in [2.45, 2.75) is 0 Å². The van der Waals surface area contributed by atoms with Crippen molar-refractivity contribution in [2.75, 3.05) is 0 Å². The minimum atomic E-state index is 0.531. The van der Waals surface area contributed by atoms with Crippen molar-refractivity contribution in [3.05, 3.63) is 90.5 Å². The summed E-state index contributed by atoms with van der Waals surface area (Å²) in [6, 6.07) is 28.2. The summed E-state index contributed by atoms with van der Waals surface area (Å²) in [4.78, 5) is 4.46. The molecule has 3 rings (SSSR count). The number of aliphatic imine (C=N–C) groups is 1. The zero-order chi connectivity index (χ0) is 14.5. The quantitative estimate of drug-likeness (QED) is 0.557. The minimum Gasteiger partial charge on any atom is -0.383 e. The summed E-state index contributed by atoms with van der Waals surface area (Å²) in [5.74, 6) is 0.531. The van der Waals surface area contributed by atoms with E-state index >= 15 is 0 Å². The van der Waals surface area contributed by atoms with Crippen LogP contribution in [0.15, 0.2) is 89.9 Å². The van der Waals surface area contributed by atoms with Crippen molar-refractivity contribution >= 4 is 11.5 Å². The topological polar surface area (TPSA) is 38.4 Å². The van der Waals surface area contributed by atoms with Gasteiger partial charge in [0, 0.05) is 5.56 Å². The van der Waals surface area contributed by atoms with Crippen LogP contribution in [-0.2, 0) is 0 Å². The number of rotatable bonds is 3. The van der Waals surface area contributed by atoms with Crippen LogP contribution in [0, 0.1) is 0 Å². The number of nitrogens with zero attached hydrogens (tertiary/aromatic N) is 1. The van der Waals surface area contributed by atoms with Crippen molar-refractivity contribution in [1.29, 1.82) is 0 Å². The standard InChI is InChI=1S/C19H16N2/c20-19(17-9-5-2-6-10-17)21-18-13-11-16(12-14-18)15-7-3-1-4-8-15/h1-14H,(H2,20,21). The molecule has 0 atom stereocenters. The van der Waals surface area contributed by atoms with Crippen LogP contribution in [0.3, 0.4) is 0 Å². The number of nitrogens with two attached hydrogens (primary N) is 1. The van der Waals surface area contributed by atoms with E-state index < -0.39 is 0 Å². The monoisotopic (exact) mass is 272 g/mol. The molecule has 0 heterocycles. The van der Waals surface area contributed by atoms with Gasteiger partial charge in [-0.25, -0.2) is 4.99 Å². The Morgan fingerprint density at radius 3 is 1.76 bits per heavy atom. The fourth-order valence-corrected chi connectivity index (χ4v) is 2.17. The highest BCUT2D eigenvalue weighted by atomic mass is 14.9. The first-order valence-electron chi connectivity index (χ1n) is 6.88. The van der Waals surface area contributed by atoms with Gasteiger partial charge in [0.1, 0.15) is 5.84 Å². The van der Waals surface area contributed by atoms with Crippen LogP contribution in [0.2, 0.25) is 0 Å². The maximum absolute atomic E-state index is 6.03. The molecule has 2 N–H and O–H groups in total. The summed E-state index contributed by atoms with van der Waals surface area (Å²) in [6.45, 7) is 0. The summed E-state index contributed by atoms with van der Waals surface area (Å²) in [7, 11) is 0. The van der Waals surface area contributed by atoms with Gasteiger partial charge >= 0.3 is 0 Å². The second kappa shape index (κ2) is 6.06. The van der Waals surface area contributed by atoms with E-state index in [4.69, 9.17) is 5.73 Å². The normalized spacial score (nSPS) is 11.3. The van der Waals surface area contributed by atoms with Crippen LogP contribution in [0.5, 0.6) is 0 Å². The third-order valence-corrected chi connectivity index (χ3v) is 3.29. The second-order valence-corrected chi connectivity index (χ2v) is 4.78. The van der Waals surface area contributed by atoms with E-state index in [2.05, 4.69) is 29.3 Å². The lowest BCUT2D eigenvalue weighted by molar-refractivity contribution is 1.45. The molecule has 0 unspecified atom stereocenters. The molecule has 0 saturated carbocycles. The molecule has 0 amide bonds. The predicted molar refractivity (Wildman–Crippen MR) is 88.7 cm³/mol. The summed E-state index contributed by atoms with van der Waals surface area (Å²) in [5, 5.41) is 0. The number of hydrogen-bond donors (Lipinski definition) is 1. The average molecular weight is 272 g/mol. The van der Waals surface area contributed by atoms with Crippen molar-refractivity contribution < 1.29 is 0 Å². The molecule has 21 heavy (non-hydrogen) atoms. The van der Waals surface area contributed by atoms with Crippen molar-refractivity contribution in [3.63, 3.8) is 0 Å². The van der Waals surface area contributed by atoms with Gasteiger partial charge in [0.05, 0.1) is 5.69 Å². The molecule has 102 valence electrons. The predicted octanol–water partition coefficient (Wildman–Crippen LogP) is 4.39. The van der Waals surface area contributed by atoms with E-state index in [1.807, 2.05) is 60.7 Å². The Labute approximate surface area is 124 Å². The SMILES string of the molecule is NC(=Nc1ccc(-c2ccccc2)cc1)c1ccccc1. The zero-order valence-electron chi connectivity index (χ0n) is 11.6. The fourth-order valence-electron chi connectivity index (χ4n) is 2.17. The highest BCUT2D eigenvalue weighted by Crippen LogP contribution is 2.22. The Balaban J connectivity index is 1.85. The lowest BCUT2D eigenvalue weighted by Crippen LogP contribution is -2.12. The first-order valence-corrected chi connectivity index (χ1v) is 6.88. The summed E-state index contributed by atoms with van der Waals surface area (Å²) in [6.07, 6.45) is 0. The zero-order valence-corrected chi connectivity index (χ0v) is 11.6. The largest absolute Gasteiger partial charge is 0.383 e. The molecule has 2 heteroatoms. The maximum atomic E-state index is 6.03. The molecule has 0 saturated heterocycles. The van der Waals surface area contributed by atoms with Crippen molar-refractivity contribution in [2.24, 2.45) is 10.7 Å². The molecule has 3 aromatic rings. The Morgan fingerprint density at radius 2 is 1.14 bits per heavy atom. The van der Waals surface area contributed by atoms with E-state index in [-0.39, 0.29) is 0 Å². The van der Waals surface area contributed by atoms with E-state index in [0.717, 1.165) is 11.3 Å². The lowest BCUT2D eigenvalue weighted by Gasteiger charge is -2.03. The van der Waals surface area contributed by atoms with Gasteiger partial charge in [0.25, 0.3) is 0 Å². The van der Waals surface area contributed by atoms with E-state index in [9.17, 15) is 0 Å². The van der Waals surface area contributed by atoms with Crippen LogP contribution in [0.25, 0.3) is 11.1 Å². The molecular weight excluding hydrogens is 256 g/mol. The first kappa shape index (κ1) is 13.1. The van der Waals surface area contributed by atoms with Crippen LogP contribution in [0.1, 0.15) is 5.56 Å². The fraction of sp³-hybridized carbons (Fsp3) is 0. The van der Waals surface area contributed by atoms with Gasteiger partial charge in [-0.15, -0.1) is 0 Å². The number of benzene rings is 3. The van der Waals surface area contributed by atoms with Crippen molar-refractivity contribution in [1.82, 2.24) is 0 Å². The second-order valence-electron chi connectivity index (χ2n) is 4.78. The molecule has 0 fully saturated rings. The molecule has 0 aliphatic carbocycles. The van der Waals surface area contributed by atoms with Crippen LogP contribution >= 0.6 is 0 Å². The average Bonchev–Trinajstić information content (AvgIpc) is 2.57. The van der Waals surface area contributed by atoms with Gasteiger partial charge in [0.15, 0.2) is 0 Å². The molecule has 0 spiro atoms. The molecule has 0 aliphatic heterocycles. The molecule has 0 aromatic heterocycles. The van der Waals surface area contributed by atoms with Gasteiger partial charge in [-0.2, -0.15) is 0 Å². The smallest absolute Gasteiger partial charge is 0.131 e. The Morgan fingerprint density at radius 1 is 0.619 bits per heavy atom. The highest BCUT2D eigenvalue weighted by molar-refractivity contribution is 5.99. The molecular formula is C19H16N2. The highest BCUT2D eigenvalue weighted by Gasteiger charge is 1.99. The minimum absolute atomic E-state index is 0.531. The number of hydrogen-bond acceptors (Lipinski definition) is 1. The van der Waals surface area contributed by atoms with Crippen LogP contribution in [-0.4, -0.2) is 5.84 Å². The first-order chi connectivity index (χ1) is 10.3. The third kappa shape index (κ3) is 3.18. The van der Waals surface area contributed by atoms with Gasteiger partial charge in [-0.1, -0.05) is 72.8 Å². The third-order valence-electron chi connectivity index (χ3n) is 3.29. The van der Waals surface area contributed by atoms with Gasteiger partial charge in [-0.3, -0.25) is 0 Å². The van der Waals surface area contributed by atoms with Gasteiger partial charge in [0.2, 0.25) is 0 Å². The van der Waals surface area contributed by atoms with Crippen LogP contribution < -0.4 is 5.73 Å². The Bertz CT molecular complexity index is 730.